The average molecular weight is 293 g/mol. The lowest BCUT2D eigenvalue weighted by Gasteiger charge is -2.14. The molecule has 0 bridgehead atoms. The summed E-state index contributed by atoms with van der Waals surface area (Å²) < 4.78 is 21.1. The van der Waals surface area contributed by atoms with Gasteiger partial charge in [-0.3, -0.25) is 4.79 Å². The van der Waals surface area contributed by atoms with Gasteiger partial charge in [-0.15, -0.1) is 0 Å². The molecule has 6 heteroatoms. The van der Waals surface area contributed by atoms with E-state index in [9.17, 15) is 4.79 Å². The van der Waals surface area contributed by atoms with Gasteiger partial charge in [0.2, 0.25) is 5.75 Å². The number of nitrogens with one attached hydrogen (secondary N) is 1. The molecule has 0 unspecified atom stereocenters. The Balaban J connectivity index is 2.40. The van der Waals surface area contributed by atoms with Crippen LogP contribution in [0.3, 0.4) is 0 Å². The largest absolute Gasteiger partial charge is 0.486 e. The SMILES string of the molecule is COCCOc1c(OCCOC)c2ccccc2[nH]c1=O. The highest BCUT2D eigenvalue weighted by Gasteiger charge is 2.15. The Hall–Kier alpha value is -2.05. The van der Waals surface area contributed by atoms with E-state index >= 15 is 0 Å². The zero-order chi connectivity index (χ0) is 15.1. The van der Waals surface area contributed by atoms with Crippen molar-refractivity contribution < 1.29 is 18.9 Å². The second kappa shape index (κ2) is 7.66. The molecule has 1 N–H and O–H groups in total. The summed E-state index contributed by atoms with van der Waals surface area (Å²) >= 11 is 0. The van der Waals surface area contributed by atoms with Crippen LogP contribution in [0.1, 0.15) is 0 Å². The smallest absolute Gasteiger partial charge is 0.294 e. The summed E-state index contributed by atoms with van der Waals surface area (Å²) in [7, 11) is 3.17. The predicted molar refractivity (Wildman–Crippen MR) is 79.3 cm³/mol. The summed E-state index contributed by atoms with van der Waals surface area (Å²) in [5.41, 5.74) is 0.381. The van der Waals surface area contributed by atoms with Gasteiger partial charge in [0.05, 0.1) is 18.7 Å². The fourth-order valence-corrected chi connectivity index (χ4v) is 1.92. The number of methoxy groups -OCH3 is 2. The molecule has 0 spiro atoms. The molecule has 0 amide bonds. The van der Waals surface area contributed by atoms with Crippen LogP contribution in [0, 0.1) is 0 Å². The van der Waals surface area contributed by atoms with E-state index in [1.54, 1.807) is 14.2 Å². The van der Waals surface area contributed by atoms with Gasteiger partial charge in [0.1, 0.15) is 13.2 Å². The summed E-state index contributed by atoms with van der Waals surface area (Å²) in [6.07, 6.45) is 0. The van der Waals surface area contributed by atoms with Gasteiger partial charge in [-0.25, -0.2) is 0 Å². The molecule has 1 heterocycles. The van der Waals surface area contributed by atoms with Crippen molar-refractivity contribution in [1.29, 1.82) is 0 Å². The lowest BCUT2D eigenvalue weighted by Crippen LogP contribution is -2.17. The molecule has 6 nitrogen and oxygen atoms in total. The Kier molecular flexibility index (Phi) is 5.59. The minimum atomic E-state index is -0.322. The van der Waals surface area contributed by atoms with E-state index in [4.69, 9.17) is 18.9 Å². The molecule has 1 aromatic heterocycles. The molecule has 0 aliphatic carbocycles. The van der Waals surface area contributed by atoms with Crippen molar-refractivity contribution in [2.75, 3.05) is 40.6 Å². The molecule has 1 aromatic carbocycles. The molecule has 2 aromatic rings. The number of H-pyrrole nitrogens is 1. The first-order chi connectivity index (χ1) is 10.3. The number of pyridine rings is 1. The molecule has 0 atom stereocenters. The first kappa shape index (κ1) is 15.3. The van der Waals surface area contributed by atoms with Crippen LogP contribution in [0.4, 0.5) is 0 Å². The molecule has 0 radical (unpaired) electrons. The number of ether oxygens (including phenoxy) is 4. The first-order valence-corrected chi connectivity index (χ1v) is 6.66. The van der Waals surface area contributed by atoms with E-state index in [2.05, 4.69) is 4.98 Å². The Bertz CT molecular complexity index is 637. The number of hydrogen-bond donors (Lipinski definition) is 1. The minimum absolute atomic E-state index is 0.168. The van der Waals surface area contributed by atoms with Crippen molar-refractivity contribution in [3.05, 3.63) is 34.6 Å². The van der Waals surface area contributed by atoms with Gasteiger partial charge in [-0.1, -0.05) is 12.1 Å². The van der Waals surface area contributed by atoms with Gasteiger partial charge in [-0.2, -0.15) is 0 Å². The Morgan fingerprint density at radius 2 is 1.52 bits per heavy atom. The summed E-state index contributed by atoms with van der Waals surface area (Å²) in [6, 6.07) is 7.42. The Labute approximate surface area is 122 Å². The number of hydrogen-bond acceptors (Lipinski definition) is 5. The highest BCUT2D eigenvalue weighted by atomic mass is 16.5. The third-order valence-electron chi connectivity index (χ3n) is 2.90. The number of para-hydroxylation sites is 1. The van der Waals surface area contributed by atoms with E-state index in [-0.39, 0.29) is 17.9 Å². The quantitative estimate of drug-likeness (QED) is 0.748. The Morgan fingerprint density at radius 1 is 0.905 bits per heavy atom. The molecule has 21 heavy (non-hydrogen) atoms. The molecular formula is C15H19NO5. The van der Waals surface area contributed by atoms with Crippen molar-refractivity contribution in [2.45, 2.75) is 0 Å². The van der Waals surface area contributed by atoms with Crippen LogP contribution in [-0.2, 0) is 9.47 Å². The summed E-state index contributed by atoms with van der Waals surface area (Å²) in [6.45, 7) is 1.44. The lowest BCUT2D eigenvalue weighted by molar-refractivity contribution is 0.132. The van der Waals surface area contributed by atoms with Crippen molar-refractivity contribution >= 4 is 10.9 Å². The topological polar surface area (TPSA) is 69.8 Å². The minimum Gasteiger partial charge on any atom is -0.486 e. The third-order valence-corrected chi connectivity index (χ3v) is 2.90. The van der Waals surface area contributed by atoms with Gasteiger partial charge in [0.25, 0.3) is 5.56 Å². The fraction of sp³-hybridized carbons (Fsp3) is 0.400. The van der Waals surface area contributed by atoms with Crippen molar-refractivity contribution in [1.82, 2.24) is 4.98 Å². The second-order valence-corrected chi connectivity index (χ2v) is 4.34. The maximum Gasteiger partial charge on any atom is 0.294 e. The van der Waals surface area contributed by atoms with Crippen LogP contribution in [0.25, 0.3) is 10.9 Å². The van der Waals surface area contributed by atoms with Gasteiger partial charge < -0.3 is 23.9 Å². The number of fused-ring (bicyclic) bond motifs is 1. The van der Waals surface area contributed by atoms with E-state index < -0.39 is 0 Å². The molecule has 0 aliphatic heterocycles. The number of benzene rings is 1. The van der Waals surface area contributed by atoms with Gasteiger partial charge >= 0.3 is 0 Å². The van der Waals surface area contributed by atoms with Gasteiger partial charge in [0, 0.05) is 19.6 Å². The monoisotopic (exact) mass is 293 g/mol. The summed E-state index contributed by atoms with van der Waals surface area (Å²) in [5, 5.41) is 0.792. The average Bonchev–Trinajstić information content (AvgIpc) is 2.49. The normalized spacial score (nSPS) is 10.8. The number of rotatable bonds is 8. The highest BCUT2D eigenvalue weighted by molar-refractivity contribution is 5.87. The maximum absolute atomic E-state index is 12.1. The zero-order valence-corrected chi connectivity index (χ0v) is 12.2. The first-order valence-electron chi connectivity index (χ1n) is 6.66. The molecule has 0 aliphatic rings. The predicted octanol–water partition coefficient (Wildman–Crippen LogP) is 1.58. The molecule has 2 rings (SSSR count). The van der Waals surface area contributed by atoms with Crippen LogP contribution in [0.15, 0.2) is 29.1 Å². The maximum atomic E-state index is 12.1. The fourth-order valence-electron chi connectivity index (χ4n) is 1.92. The summed E-state index contributed by atoms with van der Waals surface area (Å²) in [5.74, 6) is 0.601. The molecule has 0 saturated carbocycles. The van der Waals surface area contributed by atoms with Crippen LogP contribution in [0.5, 0.6) is 11.5 Å². The lowest BCUT2D eigenvalue weighted by atomic mass is 10.2. The zero-order valence-electron chi connectivity index (χ0n) is 12.2. The van der Waals surface area contributed by atoms with Crippen LogP contribution < -0.4 is 15.0 Å². The molecule has 0 fully saturated rings. The van der Waals surface area contributed by atoms with Crippen molar-refractivity contribution in [3.63, 3.8) is 0 Å². The van der Waals surface area contributed by atoms with Crippen LogP contribution >= 0.6 is 0 Å². The van der Waals surface area contributed by atoms with Crippen molar-refractivity contribution in [2.24, 2.45) is 0 Å². The number of aromatic amines is 1. The van der Waals surface area contributed by atoms with Crippen molar-refractivity contribution in [3.8, 4) is 11.5 Å². The number of aromatic nitrogens is 1. The van der Waals surface area contributed by atoms with E-state index in [0.29, 0.717) is 31.1 Å². The summed E-state index contributed by atoms with van der Waals surface area (Å²) in [4.78, 5) is 14.9. The van der Waals surface area contributed by atoms with Crippen LogP contribution in [0.2, 0.25) is 0 Å². The molecular weight excluding hydrogens is 274 g/mol. The highest BCUT2D eigenvalue weighted by Crippen LogP contribution is 2.31. The Morgan fingerprint density at radius 3 is 2.19 bits per heavy atom. The van der Waals surface area contributed by atoms with Gasteiger partial charge in [-0.05, 0) is 12.1 Å². The second-order valence-electron chi connectivity index (χ2n) is 4.34. The van der Waals surface area contributed by atoms with E-state index in [1.807, 2.05) is 24.3 Å². The molecule has 0 saturated heterocycles. The third kappa shape index (κ3) is 3.74. The van der Waals surface area contributed by atoms with Crippen LogP contribution in [-0.4, -0.2) is 45.6 Å². The standard InChI is InChI=1S/C15H19NO5/c1-18-7-9-20-13-11-5-3-4-6-12(11)16-15(17)14(13)21-10-8-19-2/h3-6H,7-10H2,1-2H3,(H,16,17). The van der Waals surface area contributed by atoms with E-state index in [0.717, 1.165) is 5.39 Å². The molecule has 114 valence electrons. The van der Waals surface area contributed by atoms with Gasteiger partial charge in [0.15, 0.2) is 5.75 Å². The van der Waals surface area contributed by atoms with E-state index in [1.165, 1.54) is 0 Å².